The predicted octanol–water partition coefficient (Wildman–Crippen LogP) is 5.04. The standard InChI is InChI=1S/C30H36ClN3O5S/c1-21(2)18-32-30(36)23(4)33(19-24-10-9-11-26(17-24)39-5)29(35)20-34(28-15-14-25(31)16-22(28)3)40(37,38)27-12-7-6-8-13-27/h6-17,21,23H,18-20H2,1-5H3,(H,32,36). The Balaban J connectivity index is 2.04. The third-order valence-electron chi connectivity index (χ3n) is 6.38. The maximum atomic E-state index is 14.0. The molecule has 214 valence electrons. The van der Waals surface area contributed by atoms with Gasteiger partial charge >= 0.3 is 0 Å². The van der Waals surface area contributed by atoms with Gasteiger partial charge in [-0.25, -0.2) is 8.42 Å². The first kappa shape index (κ1) is 31.0. The van der Waals surface area contributed by atoms with E-state index in [9.17, 15) is 18.0 Å². The van der Waals surface area contributed by atoms with Crippen molar-refractivity contribution in [2.45, 2.75) is 45.2 Å². The van der Waals surface area contributed by atoms with E-state index < -0.39 is 28.5 Å². The molecule has 3 aromatic carbocycles. The number of anilines is 1. The van der Waals surface area contributed by atoms with Gasteiger partial charge < -0.3 is 15.0 Å². The summed E-state index contributed by atoms with van der Waals surface area (Å²) >= 11 is 6.15. The van der Waals surface area contributed by atoms with Crippen LogP contribution in [0, 0.1) is 12.8 Å². The summed E-state index contributed by atoms with van der Waals surface area (Å²) in [6.45, 7) is 7.32. The van der Waals surface area contributed by atoms with E-state index in [2.05, 4.69) is 5.32 Å². The Bertz CT molecular complexity index is 1430. The van der Waals surface area contributed by atoms with Crippen LogP contribution in [0.3, 0.4) is 0 Å². The summed E-state index contributed by atoms with van der Waals surface area (Å²) < 4.78 is 34.2. The number of carbonyl (C=O) groups excluding carboxylic acids is 2. The van der Waals surface area contributed by atoms with Crippen LogP contribution in [0.25, 0.3) is 0 Å². The Kier molecular flexibility index (Phi) is 10.6. The second-order valence-electron chi connectivity index (χ2n) is 9.94. The molecule has 10 heteroatoms. The Hall–Kier alpha value is -3.56. The molecular formula is C30H36ClN3O5S. The number of nitrogens with one attached hydrogen (secondary N) is 1. The van der Waals surface area contributed by atoms with E-state index in [1.54, 1.807) is 75.6 Å². The van der Waals surface area contributed by atoms with Crippen molar-refractivity contribution in [1.82, 2.24) is 10.2 Å². The number of aryl methyl sites for hydroxylation is 1. The number of ether oxygens (including phenoxy) is 1. The fourth-order valence-electron chi connectivity index (χ4n) is 4.13. The minimum atomic E-state index is -4.15. The maximum absolute atomic E-state index is 14.0. The Morgan fingerprint density at radius 1 is 0.975 bits per heavy atom. The van der Waals surface area contributed by atoms with E-state index in [4.69, 9.17) is 16.3 Å². The average Bonchev–Trinajstić information content (AvgIpc) is 2.93. The average molecular weight is 586 g/mol. The van der Waals surface area contributed by atoms with Crippen molar-refractivity contribution in [3.8, 4) is 5.75 Å². The lowest BCUT2D eigenvalue weighted by atomic mass is 10.1. The van der Waals surface area contributed by atoms with Crippen LogP contribution in [0.15, 0.2) is 77.7 Å². The molecule has 0 aliphatic carbocycles. The second kappa shape index (κ2) is 13.7. The summed E-state index contributed by atoms with van der Waals surface area (Å²) in [6.07, 6.45) is 0. The summed E-state index contributed by atoms with van der Waals surface area (Å²) in [4.78, 5) is 28.5. The number of methoxy groups -OCH3 is 1. The Labute approximate surface area is 241 Å². The van der Waals surface area contributed by atoms with Gasteiger partial charge in [0.2, 0.25) is 11.8 Å². The number of amides is 2. The number of rotatable bonds is 12. The summed E-state index contributed by atoms with van der Waals surface area (Å²) in [7, 11) is -2.60. The molecule has 8 nitrogen and oxygen atoms in total. The predicted molar refractivity (Wildman–Crippen MR) is 158 cm³/mol. The first-order valence-corrected chi connectivity index (χ1v) is 14.8. The molecule has 0 saturated carbocycles. The summed E-state index contributed by atoms with van der Waals surface area (Å²) in [5.74, 6) is -0.0427. The molecule has 0 saturated heterocycles. The second-order valence-corrected chi connectivity index (χ2v) is 12.2. The minimum Gasteiger partial charge on any atom is -0.497 e. The molecule has 1 atom stereocenters. The lowest BCUT2D eigenvalue weighted by Gasteiger charge is -2.32. The molecule has 0 aliphatic rings. The van der Waals surface area contributed by atoms with E-state index in [-0.39, 0.29) is 23.3 Å². The van der Waals surface area contributed by atoms with Crippen LogP contribution in [-0.2, 0) is 26.2 Å². The van der Waals surface area contributed by atoms with Gasteiger partial charge in [0.1, 0.15) is 18.3 Å². The van der Waals surface area contributed by atoms with Gasteiger partial charge in [-0.2, -0.15) is 0 Å². The van der Waals surface area contributed by atoms with Gasteiger partial charge in [0.15, 0.2) is 0 Å². The molecule has 3 aromatic rings. The zero-order valence-corrected chi connectivity index (χ0v) is 25.0. The first-order chi connectivity index (χ1) is 18.9. The SMILES string of the molecule is COc1cccc(CN(C(=O)CN(c2ccc(Cl)cc2C)S(=O)(=O)c2ccccc2)C(C)C(=O)NCC(C)C)c1. The lowest BCUT2D eigenvalue weighted by Crippen LogP contribution is -2.51. The molecule has 0 aromatic heterocycles. The summed E-state index contributed by atoms with van der Waals surface area (Å²) in [5, 5.41) is 3.32. The molecule has 0 fully saturated rings. The maximum Gasteiger partial charge on any atom is 0.264 e. The number of hydrogen-bond acceptors (Lipinski definition) is 5. The lowest BCUT2D eigenvalue weighted by molar-refractivity contribution is -0.139. The number of sulfonamides is 1. The number of benzene rings is 3. The number of nitrogens with zero attached hydrogens (tertiary/aromatic N) is 2. The Morgan fingerprint density at radius 2 is 1.68 bits per heavy atom. The summed E-state index contributed by atoms with van der Waals surface area (Å²) in [6, 6.07) is 19.0. The van der Waals surface area contributed by atoms with Crippen molar-refractivity contribution in [3.05, 3.63) is 88.9 Å². The van der Waals surface area contributed by atoms with Gasteiger partial charge in [-0.3, -0.25) is 13.9 Å². The van der Waals surface area contributed by atoms with Crippen LogP contribution < -0.4 is 14.4 Å². The van der Waals surface area contributed by atoms with Crippen LogP contribution in [-0.4, -0.2) is 51.4 Å². The summed E-state index contributed by atoms with van der Waals surface area (Å²) in [5.41, 5.74) is 1.64. The highest BCUT2D eigenvalue weighted by atomic mass is 35.5. The molecule has 0 aliphatic heterocycles. The topological polar surface area (TPSA) is 96.0 Å². The molecule has 0 spiro atoms. The smallest absolute Gasteiger partial charge is 0.264 e. The zero-order chi connectivity index (χ0) is 29.4. The third kappa shape index (κ3) is 7.76. The first-order valence-electron chi connectivity index (χ1n) is 13.0. The van der Waals surface area contributed by atoms with Crippen molar-refractivity contribution in [3.63, 3.8) is 0 Å². The van der Waals surface area contributed by atoms with Crippen molar-refractivity contribution in [1.29, 1.82) is 0 Å². The van der Waals surface area contributed by atoms with E-state index in [0.717, 1.165) is 9.87 Å². The van der Waals surface area contributed by atoms with Crippen LogP contribution in [0.1, 0.15) is 31.9 Å². The van der Waals surface area contributed by atoms with Crippen molar-refractivity contribution in [2.24, 2.45) is 5.92 Å². The molecule has 40 heavy (non-hydrogen) atoms. The van der Waals surface area contributed by atoms with Crippen molar-refractivity contribution in [2.75, 3.05) is 24.5 Å². The van der Waals surface area contributed by atoms with E-state index >= 15 is 0 Å². The molecule has 0 heterocycles. The monoisotopic (exact) mass is 585 g/mol. The quantitative estimate of drug-likeness (QED) is 0.321. The van der Waals surface area contributed by atoms with Gasteiger partial charge in [-0.15, -0.1) is 0 Å². The van der Waals surface area contributed by atoms with E-state index in [0.29, 0.717) is 28.6 Å². The fourth-order valence-corrected chi connectivity index (χ4v) is 5.86. The number of hydrogen-bond donors (Lipinski definition) is 1. The van der Waals surface area contributed by atoms with Gasteiger partial charge in [0, 0.05) is 18.1 Å². The molecule has 1 unspecified atom stereocenters. The highest BCUT2D eigenvalue weighted by molar-refractivity contribution is 7.92. The largest absolute Gasteiger partial charge is 0.497 e. The van der Waals surface area contributed by atoms with Crippen molar-refractivity contribution >= 4 is 39.1 Å². The fraction of sp³-hybridized carbons (Fsp3) is 0.333. The van der Waals surface area contributed by atoms with Crippen LogP contribution in [0.2, 0.25) is 5.02 Å². The molecule has 0 radical (unpaired) electrons. The van der Waals surface area contributed by atoms with Crippen LogP contribution in [0.5, 0.6) is 5.75 Å². The van der Waals surface area contributed by atoms with Crippen molar-refractivity contribution < 1.29 is 22.7 Å². The third-order valence-corrected chi connectivity index (χ3v) is 8.39. The highest BCUT2D eigenvalue weighted by Gasteiger charge is 2.33. The highest BCUT2D eigenvalue weighted by Crippen LogP contribution is 2.29. The van der Waals surface area contributed by atoms with Crippen LogP contribution in [0.4, 0.5) is 5.69 Å². The minimum absolute atomic E-state index is 0.0409. The molecule has 0 bridgehead atoms. The van der Waals surface area contributed by atoms with Gasteiger partial charge in [0.25, 0.3) is 10.0 Å². The van der Waals surface area contributed by atoms with E-state index in [1.807, 2.05) is 19.9 Å². The van der Waals surface area contributed by atoms with Crippen LogP contribution >= 0.6 is 11.6 Å². The Morgan fingerprint density at radius 3 is 2.30 bits per heavy atom. The molecule has 1 N–H and O–H groups in total. The van der Waals surface area contributed by atoms with Gasteiger partial charge in [0.05, 0.1) is 17.7 Å². The van der Waals surface area contributed by atoms with E-state index in [1.165, 1.54) is 17.0 Å². The molecular weight excluding hydrogens is 550 g/mol. The zero-order valence-electron chi connectivity index (χ0n) is 23.4. The molecule has 2 amide bonds. The molecule has 3 rings (SSSR count). The normalized spacial score (nSPS) is 12.1. The number of carbonyl (C=O) groups is 2. The number of halogens is 1. The van der Waals surface area contributed by atoms with Gasteiger partial charge in [-0.1, -0.05) is 55.8 Å². The van der Waals surface area contributed by atoms with Gasteiger partial charge in [-0.05, 0) is 73.4 Å².